The van der Waals surface area contributed by atoms with Crippen molar-refractivity contribution in [1.82, 2.24) is 14.9 Å². The minimum atomic E-state index is 0.403. The lowest BCUT2D eigenvalue weighted by Gasteiger charge is -2.12. The van der Waals surface area contributed by atoms with Crippen LogP contribution in [0.1, 0.15) is 12.7 Å². The molecule has 0 fully saturated rings. The molecule has 1 heterocycles. The van der Waals surface area contributed by atoms with Crippen LogP contribution in [0, 0.1) is 0 Å². The lowest BCUT2D eigenvalue weighted by atomic mass is 10.3. The molecule has 1 unspecified atom stereocenters. The highest BCUT2D eigenvalue weighted by Crippen LogP contribution is 1.94. The Hall–Kier alpha value is -0.870. The molecular formula is C10H19N3O. The van der Waals surface area contributed by atoms with Crippen LogP contribution in [0.5, 0.6) is 0 Å². The van der Waals surface area contributed by atoms with Gasteiger partial charge in [-0.1, -0.05) is 0 Å². The van der Waals surface area contributed by atoms with Gasteiger partial charge in [0.25, 0.3) is 0 Å². The molecular weight excluding hydrogens is 178 g/mol. The first-order valence-corrected chi connectivity index (χ1v) is 4.92. The van der Waals surface area contributed by atoms with E-state index in [1.807, 2.05) is 24.0 Å². The fourth-order valence-corrected chi connectivity index (χ4v) is 1.38. The first kappa shape index (κ1) is 11.2. The Balaban J connectivity index is 2.19. The number of imidazole rings is 1. The van der Waals surface area contributed by atoms with Gasteiger partial charge in [0.1, 0.15) is 5.82 Å². The van der Waals surface area contributed by atoms with Crippen molar-refractivity contribution in [3.63, 3.8) is 0 Å². The van der Waals surface area contributed by atoms with E-state index in [2.05, 4.69) is 17.2 Å². The molecule has 0 aliphatic carbocycles. The number of nitrogens with zero attached hydrogens (tertiary/aromatic N) is 2. The van der Waals surface area contributed by atoms with Crippen molar-refractivity contribution in [2.45, 2.75) is 19.4 Å². The van der Waals surface area contributed by atoms with Crippen molar-refractivity contribution in [3.05, 3.63) is 18.2 Å². The molecule has 1 aromatic heterocycles. The van der Waals surface area contributed by atoms with Crippen LogP contribution in [0.4, 0.5) is 0 Å². The summed E-state index contributed by atoms with van der Waals surface area (Å²) in [5, 5.41) is 3.37. The highest BCUT2D eigenvalue weighted by Gasteiger charge is 2.01. The van der Waals surface area contributed by atoms with Crippen LogP contribution in [-0.2, 0) is 18.2 Å². The second-order valence-corrected chi connectivity index (χ2v) is 3.51. The summed E-state index contributed by atoms with van der Waals surface area (Å²) in [5.41, 5.74) is 0. The van der Waals surface area contributed by atoms with Crippen LogP contribution in [-0.4, -0.2) is 35.9 Å². The third-order valence-corrected chi connectivity index (χ3v) is 2.18. The van der Waals surface area contributed by atoms with Crippen molar-refractivity contribution < 1.29 is 4.74 Å². The van der Waals surface area contributed by atoms with Crippen LogP contribution in [0.15, 0.2) is 12.4 Å². The Labute approximate surface area is 85.3 Å². The van der Waals surface area contributed by atoms with Gasteiger partial charge in [-0.2, -0.15) is 0 Å². The number of hydrogen-bond donors (Lipinski definition) is 1. The molecule has 14 heavy (non-hydrogen) atoms. The summed E-state index contributed by atoms with van der Waals surface area (Å²) in [6.07, 6.45) is 4.75. The zero-order valence-corrected chi connectivity index (χ0v) is 9.16. The molecule has 0 saturated carbocycles. The molecule has 1 N–H and O–H groups in total. The Kier molecular flexibility index (Phi) is 4.62. The Morgan fingerprint density at radius 2 is 2.43 bits per heavy atom. The minimum Gasteiger partial charge on any atom is -0.383 e. The van der Waals surface area contributed by atoms with E-state index in [1.165, 1.54) is 0 Å². The van der Waals surface area contributed by atoms with Gasteiger partial charge in [-0.25, -0.2) is 4.98 Å². The average molecular weight is 197 g/mol. The van der Waals surface area contributed by atoms with Gasteiger partial charge >= 0.3 is 0 Å². The standard InChI is InChI=1S/C10H19N3O/c1-9(8-14-3)11-5-4-10-12-6-7-13(10)2/h6-7,9,11H,4-5,8H2,1-3H3. The summed E-state index contributed by atoms with van der Waals surface area (Å²) in [4.78, 5) is 4.25. The average Bonchev–Trinajstić information content (AvgIpc) is 2.52. The number of ether oxygens (including phenoxy) is 1. The third-order valence-electron chi connectivity index (χ3n) is 2.18. The van der Waals surface area contributed by atoms with Gasteiger partial charge in [0, 0.05) is 45.6 Å². The van der Waals surface area contributed by atoms with Gasteiger partial charge in [-0.05, 0) is 6.92 Å². The second kappa shape index (κ2) is 5.78. The fourth-order valence-electron chi connectivity index (χ4n) is 1.38. The molecule has 1 atom stereocenters. The lowest BCUT2D eigenvalue weighted by molar-refractivity contribution is 0.172. The maximum atomic E-state index is 5.03. The van der Waals surface area contributed by atoms with Crippen LogP contribution in [0.25, 0.3) is 0 Å². The van der Waals surface area contributed by atoms with E-state index in [1.54, 1.807) is 7.11 Å². The van der Waals surface area contributed by atoms with E-state index < -0.39 is 0 Å². The van der Waals surface area contributed by atoms with E-state index >= 15 is 0 Å². The normalized spacial score (nSPS) is 13.1. The summed E-state index contributed by atoms with van der Waals surface area (Å²) < 4.78 is 7.08. The van der Waals surface area contributed by atoms with E-state index in [4.69, 9.17) is 4.74 Å². The van der Waals surface area contributed by atoms with E-state index in [0.29, 0.717) is 6.04 Å². The van der Waals surface area contributed by atoms with Gasteiger partial charge in [-0.15, -0.1) is 0 Å². The van der Waals surface area contributed by atoms with Crippen molar-refractivity contribution in [1.29, 1.82) is 0 Å². The van der Waals surface area contributed by atoms with Crippen LogP contribution >= 0.6 is 0 Å². The summed E-state index contributed by atoms with van der Waals surface area (Å²) >= 11 is 0. The molecule has 0 radical (unpaired) electrons. The molecule has 4 nitrogen and oxygen atoms in total. The number of aryl methyl sites for hydroxylation is 1. The van der Waals surface area contributed by atoms with Crippen LogP contribution < -0.4 is 5.32 Å². The number of aromatic nitrogens is 2. The monoisotopic (exact) mass is 197 g/mol. The predicted octanol–water partition coefficient (Wildman–Crippen LogP) is 0.587. The molecule has 4 heteroatoms. The Bertz CT molecular complexity index is 260. The van der Waals surface area contributed by atoms with Crippen molar-refractivity contribution in [3.8, 4) is 0 Å². The van der Waals surface area contributed by atoms with Gasteiger partial charge < -0.3 is 14.6 Å². The maximum absolute atomic E-state index is 5.03. The fraction of sp³-hybridized carbons (Fsp3) is 0.700. The number of hydrogen-bond acceptors (Lipinski definition) is 3. The number of methoxy groups -OCH3 is 1. The molecule has 0 aromatic carbocycles. The molecule has 0 aliphatic heterocycles. The molecule has 1 rings (SSSR count). The highest BCUT2D eigenvalue weighted by molar-refractivity contribution is 4.91. The number of rotatable bonds is 6. The lowest BCUT2D eigenvalue weighted by Crippen LogP contribution is -2.32. The maximum Gasteiger partial charge on any atom is 0.109 e. The van der Waals surface area contributed by atoms with E-state index in [-0.39, 0.29) is 0 Å². The molecule has 0 amide bonds. The summed E-state index contributed by atoms with van der Waals surface area (Å²) in [6.45, 7) is 3.80. The molecule has 0 saturated heterocycles. The molecule has 0 aliphatic rings. The predicted molar refractivity (Wildman–Crippen MR) is 56.3 cm³/mol. The highest BCUT2D eigenvalue weighted by atomic mass is 16.5. The van der Waals surface area contributed by atoms with E-state index in [0.717, 1.165) is 25.4 Å². The van der Waals surface area contributed by atoms with Crippen LogP contribution in [0.2, 0.25) is 0 Å². The Morgan fingerprint density at radius 3 is 3.00 bits per heavy atom. The van der Waals surface area contributed by atoms with Crippen molar-refractivity contribution >= 4 is 0 Å². The van der Waals surface area contributed by atoms with Gasteiger partial charge in [0.15, 0.2) is 0 Å². The van der Waals surface area contributed by atoms with E-state index in [9.17, 15) is 0 Å². The third kappa shape index (κ3) is 3.47. The van der Waals surface area contributed by atoms with Crippen molar-refractivity contribution in [2.75, 3.05) is 20.3 Å². The van der Waals surface area contributed by atoms with Gasteiger partial charge in [-0.3, -0.25) is 0 Å². The smallest absolute Gasteiger partial charge is 0.109 e. The first-order valence-electron chi connectivity index (χ1n) is 4.92. The van der Waals surface area contributed by atoms with Crippen LogP contribution in [0.3, 0.4) is 0 Å². The second-order valence-electron chi connectivity index (χ2n) is 3.51. The first-order chi connectivity index (χ1) is 6.74. The Morgan fingerprint density at radius 1 is 1.64 bits per heavy atom. The van der Waals surface area contributed by atoms with Crippen molar-refractivity contribution in [2.24, 2.45) is 7.05 Å². The topological polar surface area (TPSA) is 39.1 Å². The zero-order valence-electron chi connectivity index (χ0n) is 9.16. The summed E-state index contributed by atoms with van der Waals surface area (Å²) in [5.74, 6) is 1.11. The van der Waals surface area contributed by atoms with Gasteiger partial charge in [0.2, 0.25) is 0 Å². The quantitative estimate of drug-likeness (QED) is 0.725. The zero-order chi connectivity index (χ0) is 10.4. The molecule has 0 spiro atoms. The van der Waals surface area contributed by atoms with Gasteiger partial charge in [0.05, 0.1) is 6.61 Å². The summed E-state index contributed by atoms with van der Waals surface area (Å²) in [6, 6.07) is 0.403. The largest absolute Gasteiger partial charge is 0.383 e. The summed E-state index contributed by atoms with van der Waals surface area (Å²) in [7, 11) is 3.73. The number of nitrogens with one attached hydrogen (secondary N) is 1. The molecule has 1 aromatic rings. The minimum absolute atomic E-state index is 0.403. The SMILES string of the molecule is COCC(C)NCCc1nccn1C. The molecule has 80 valence electrons. The molecule has 0 bridgehead atoms.